The Kier molecular flexibility index (Phi) is 6.28. The van der Waals surface area contributed by atoms with Gasteiger partial charge in [-0.25, -0.2) is 4.39 Å². The maximum absolute atomic E-state index is 13.0. The number of ether oxygens (including phenoxy) is 1. The molecule has 0 spiro atoms. The molecule has 0 aliphatic carbocycles. The van der Waals surface area contributed by atoms with Crippen LogP contribution in [-0.2, 0) is 6.61 Å². The maximum Gasteiger partial charge on any atom is 0.127 e. The zero-order valence-electron chi connectivity index (χ0n) is 14.1. The van der Waals surface area contributed by atoms with Gasteiger partial charge in [-0.3, -0.25) is 0 Å². The van der Waals surface area contributed by atoms with Crippen LogP contribution in [0, 0.1) is 17.1 Å². The molecule has 0 bridgehead atoms. The van der Waals surface area contributed by atoms with Gasteiger partial charge in [0.15, 0.2) is 0 Å². The Morgan fingerprint density at radius 2 is 1.85 bits per heavy atom. The topological polar surface area (TPSA) is 33.0 Å². The summed E-state index contributed by atoms with van der Waals surface area (Å²) in [5.74, 6) is 0.326. The second-order valence-electron chi connectivity index (χ2n) is 5.75. The summed E-state index contributed by atoms with van der Waals surface area (Å²) in [6.45, 7) is 0.288. The van der Waals surface area contributed by atoms with Crippen molar-refractivity contribution in [2.75, 3.05) is 0 Å². The van der Waals surface area contributed by atoms with Gasteiger partial charge in [0, 0.05) is 20.6 Å². The zero-order valence-corrected chi connectivity index (χ0v) is 16.5. The third-order valence-corrected chi connectivity index (χ3v) is 4.69. The fourth-order valence-electron chi connectivity index (χ4n) is 2.51. The lowest BCUT2D eigenvalue weighted by Crippen LogP contribution is -1.97. The van der Waals surface area contributed by atoms with E-state index in [-0.39, 0.29) is 12.4 Å². The number of nitrogens with zero attached hydrogens (tertiary/aromatic N) is 1. The molecule has 0 aliphatic rings. The number of benzene rings is 3. The number of halogens is 3. The molecule has 3 rings (SSSR count). The molecule has 27 heavy (non-hydrogen) atoms. The first kappa shape index (κ1) is 19.2. The summed E-state index contributed by atoms with van der Waals surface area (Å²) in [6, 6.07) is 21.1. The second-order valence-corrected chi connectivity index (χ2v) is 7.07. The number of rotatable bonds is 5. The minimum Gasteiger partial charge on any atom is -0.488 e. The first-order chi connectivity index (χ1) is 13.1. The van der Waals surface area contributed by atoms with Crippen LogP contribution in [0.15, 0.2) is 71.2 Å². The fraction of sp³-hybridized carbons (Fsp3) is 0.0455. The highest BCUT2D eigenvalue weighted by atomic mass is 79.9. The second kappa shape index (κ2) is 8.85. The van der Waals surface area contributed by atoms with Crippen molar-refractivity contribution in [3.05, 3.63) is 98.7 Å². The van der Waals surface area contributed by atoms with E-state index in [1.807, 2.05) is 30.3 Å². The van der Waals surface area contributed by atoms with Crippen LogP contribution in [0.5, 0.6) is 5.75 Å². The molecule has 0 amide bonds. The van der Waals surface area contributed by atoms with Gasteiger partial charge in [-0.05, 0) is 48.0 Å². The molecule has 0 saturated carbocycles. The van der Waals surface area contributed by atoms with E-state index in [0.29, 0.717) is 21.9 Å². The molecule has 0 heterocycles. The van der Waals surface area contributed by atoms with Gasteiger partial charge in [0.1, 0.15) is 18.2 Å². The largest absolute Gasteiger partial charge is 0.488 e. The van der Waals surface area contributed by atoms with Crippen LogP contribution in [0.2, 0.25) is 5.02 Å². The van der Waals surface area contributed by atoms with Gasteiger partial charge in [0.25, 0.3) is 0 Å². The summed E-state index contributed by atoms with van der Waals surface area (Å²) >= 11 is 9.67. The third-order valence-electron chi connectivity index (χ3n) is 3.86. The molecular formula is C22H14BrClFNO. The van der Waals surface area contributed by atoms with Gasteiger partial charge in [-0.1, -0.05) is 57.9 Å². The van der Waals surface area contributed by atoms with E-state index in [9.17, 15) is 9.65 Å². The molecule has 0 aliphatic heterocycles. The summed E-state index contributed by atoms with van der Waals surface area (Å²) in [4.78, 5) is 0. The van der Waals surface area contributed by atoms with Crippen molar-refractivity contribution in [1.29, 1.82) is 5.26 Å². The van der Waals surface area contributed by atoms with Crippen molar-refractivity contribution in [2.45, 2.75) is 6.61 Å². The smallest absolute Gasteiger partial charge is 0.127 e. The van der Waals surface area contributed by atoms with Crippen LogP contribution in [0.1, 0.15) is 16.7 Å². The van der Waals surface area contributed by atoms with E-state index >= 15 is 0 Å². The van der Waals surface area contributed by atoms with Gasteiger partial charge in [-0.2, -0.15) is 5.26 Å². The predicted molar refractivity (Wildman–Crippen MR) is 110 cm³/mol. The molecule has 0 saturated heterocycles. The Labute approximate surface area is 170 Å². The number of allylic oxidation sites excluding steroid dienone is 1. The van der Waals surface area contributed by atoms with Gasteiger partial charge in [0.2, 0.25) is 0 Å². The molecular weight excluding hydrogens is 429 g/mol. The Morgan fingerprint density at radius 1 is 1.11 bits per heavy atom. The monoisotopic (exact) mass is 441 g/mol. The lowest BCUT2D eigenvalue weighted by molar-refractivity contribution is 0.305. The van der Waals surface area contributed by atoms with E-state index in [4.69, 9.17) is 16.3 Å². The summed E-state index contributed by atoms with van der Waals surface area (Å²) in [7, 11) is 0. The predicted octanol–water partition coefficient (Wildman–Crippen LogP) is 6.88. The first-order valence-corrected chi connectivity index (χ1v) is 9.27. The average Bonchev–Trinajstić information content (AvgIpc) is 2.67. The summed E-state index contributed by atoms with van der Waals surface area (Å²) < 4.78 is 19.8. The van der Waals surface area contributed by atoms with E-state index < -0.39 is 0 Å². The average molecular weight is 443 g/mol. The molecule has 0 N–H and O–H groups in total. The van der Waals surface area contributed by atoms with Crippen molar-refractivity contribution in [3.8, 4) is 11.8 Å². The van der Waals surface area contributed by atoms with Gasteiger partial charge in [0.05, 0.1) is 11.6 Å². The zero-order chi connectivity index (χ0) is 19.2. The van der Waals surface area contributed by atoms with E-state index in [2.05, 4.69) is 22.0 Å². The molecule has 5 heteroatoms. The molecule has 0 radical (unpaired) electrons. The van der Waals surface area contributed by atoms with Crippen LogP contribution in [0.3, 0.4) is 0 Å². The maximum atomic E-state index is 13.0. The standard InChI is InChI=1S/C22H14BrClFNO/c23-18-7-10-22(27-14-15-5-8-19(25)9-6-15)16(12-18)11-17(13-26)20-3-1-2-4-21(20)24/h1-12H,14H2. The highest BCUT2D eigenvalue weighted by Crippen LogP contribution is 2.30. The Morgan fingerprint density at radius 3 is 2.56 bits per heavy atom. The van der Waals surface area contributed by atoms with Crippen LogP contribution in [-0.4, -0.2) is 0 Å². The fourth-order valence-corrected chi connectivity index (χ4v) is 3.13. The van der Waals surface area contributed by atoms with Gasteiger partial charge < -0.3 is 4.74 Å². The van der Waals surface area contributed by atoms with Crippen LogP contribution in [0.25, 0.3) is 11.6 Å². The van der Waals surface area contributed by atoms with Crippen molar-refractivity contribution < 1.29 is 9.13 Å². The minimum atomic E-state index is -0.288. The van der Waals surface area contributed by atoms with Gasteiger partial charge in [-0.15, -0.1) is 0 Å². The van der Waals surface area contributed by atoms with Crippen molar-refractivity contribution >= 4 is 39.2 Å². The Bertz CT molecular complexity index is 1030. The summed E-state index contributed by atoms with van der Waals surface area (Å²) in [5.41, 5.74) is 2.68. The molecule has 3 aromatic carbocycles. The number of nitriles is 1. The minimum absolute atomic E-state index is 0.288. The quantitative estimate of drug-likeness (QED) is 0.318. The van der Waals surface area contributed by atoms with E-state index in [1.54, 1.807) is 30.3 Å². The van der Waals surface area contributed by atoms with Crippen molar-refractivity contribution in [3.63, 3.8) is 0 Å². The molecule has 134 valence electrons. The van der Waals surface area contributed by atoms with Crippen molar-refractivity contribution in [1.82, 2.24) is 0 Å². The third kappa shape index (κ3) is 4.97. The Balaban J connectivity index is 1.92. The molecule has 3 aromatic rings. The number of hydrogen-bond donors (Lipinski definition) is 0. The van der Waals surface area contributed by atoms with Crippen molar-refractivity contribution in [2.24, 2.45) is 0 Å². The normalized spacial score (nSPS) is 11.1. The highest BCUT2D eigenvalue weighted by molar-refractivity contribution is 9.10. The lowest BCUT2D eigenvalue weighted by atomic mass is 10.0. The van der Waals surface area contributed by atoms with E-state index in [0.717, 1.165) is 15.6 Å². The van der Waals surface area contributed by atoms with Crippen LogP contribution in [0.4, 0.5) is 4.39 Å². The Hall–Kier alpha value is -2.61. The lowest BCUT2D eigenvalue weighted by Gasteiger charge is -2.11. The van der Waals surface area contributed by atoms with E-state index in [1.165, 1.54) is 12.1 Å². The molecule has 0 fully saturated rings. The van der Waals surface area contributed by atoms with Crippen LogP contribution >= 0.6 is 27.5 Å². The SMILES string of the molecule is N#CC(=Cc1cc(Br)ccc1OCc1ccc(F)cc1)c1ccccc1Cl. The first-order valence-electron chi connectivity index (χ1n) is 8.10. The van der Waals surface area contributed by atoms with Gasteiger partial charge >= 0.3 is 0 Å². The summed E-state index contributed by atoms with van der Waals surface area (Å²) in [5, 5.41) is 10.1. The molecule has 0 aromatic heterocycles. The molecule has 2 nitrogen and oxygen atoms in total. The highest BCUT2D eigenvalue weighted by Gasteiger charge is 2.09. The van der Waals surface area contributed by atoms with Crippen LogP contribution < -0.4 is 4.74 Å². The summed E-state index contributed by atoms with van der Waals surface area (Å²) in [6.07, 6.45) is 1.74. The molecule has 0 unspecified atom stereocenters. The number of hydrogen-bond acceptors (Lipinski definition) is 2. The molecule has 0 atom stereocenters.